The van der Waals surface area contributed by atoms with Crippen molar-refractivity contribution in [2.24, 2.45) is 0 Å². The topological polar surface area (TPSA) is 98.8 Å². The second-order valence-electron chi connectivity index (χ2n) is 9.00. The Bertz CT molecular complexity index is 1140. The maximum Gasteiger partial charge on any atom is 0.256 e. The van der Waals surface area contributed by atoms with Crippen molar-refractivity contribution < 1.29 is 18.0 Å². The Morgan fingerprint density at radius 2 is 1.53 bits per heavy atom. The number of benzene rings is 2. The van der Waals surface area contributed by atoms with Crippen molar-refractivity contribution in [2.45, 2.75) is 39.0 Å². The van der Waals surface area contributed by atoms with E-state index in [4.69, 9.17) is 0 Å². The van der Waals surface area contributed by atoms with Gasteiger partial charge in [0.05, 0.1) is 11.3 Å². The standard InChI is InChI=1S/C25H32N4O4S/c1-19-8-7-9-22(24(19)25(31)29-16-5-6-17-29)26-23(30)18-34(32,33)27-20-10-12-21(13-11-20)28-14-3-2-4-15-28/h7-13,27H,2-6,14-18H2,1H3,(H,26,30). The molecule has 0 aromatic heterocycles. The lowest BCUT2D eigenvalue weighted by Crippen LogP contribution is -2.31. The third-order valence-electron chi connectivity index (χ3n) is 6.34. The van der Waals surface area contributed by atoms with Gasteiger partial charge < -0.3 is 15.1 Å². The third-order valence-corrected chi connectivity index (χ3v) is 7.53. The van der Waals surface area contributed by atoms with Gasteiger partial charge in [-0.1, -0.05) is 12.1 Å². The molecule has 0 saturated carbocycles. The highest BCUT2D eigenvalue weighted by Gasteiger charge is 2.25. The Morgan fingerprint density at radius 1 is 0.882 bits per heavy atom. The lowest BCUT2D eigenvalue weighted by Gasteiger charge is -2.28. The first-order chi connectivity index (χ1) is 16.3. The van der Waals surface area contributed by atoms with Crippen LogP contribution in [0.3, 0.4) is 0 Å². The summed E-state index contributed by atoms with van der Waals surface area (Å²) in [7, 11) is -3.92. The molecular formula is C25H32N4O4S. The summed E-state index contributed by atoms with van der Waals surface area (Å²) in [5, 5.41) is 2.64. The van der Waals surface area contributed by atoms with Gasteiger partial charge in [-0.25, -0.2) is 8.42 Å². The first kappa shape index (κ1) is 24.1. The molecule has 34 heavy (non-hydrogen) atoms. The molecule has 2 saturated heterocycles. The number of aryl methyl sites for hydroxylation is 1. The zero-order chi connectivity index (χ0) is 24.1. The first-order valence-corrected chi connectivity index (χ1v) is 13.5. The maximum atomic E-state index is 13.0. The summed E-state index contributed by atoms with van der Waals surface area (Å²) in [4.78, 5) is 29.7. The summed E-state index contributed by atoms with van der Waals surface area (Å²) < 4.78 is 27.7. The maximum absolute atomic E-state index is 13.0. The van der Waals surface area contributed by atoms with E-state index >= 15 is 0 Å². The van der Waals surface area contributed by atoms with E-state index < -0.39 is 21.7 Å². The van der Waals surface area contributed by atoms with Gasteiger partial charge in [0, 0.05) is 37.6 Å². The first-order valence-electron chi connectivity index (χ1n) is 11.9. The summed E-state index contributed by atoms with van der Waals surface area (Å²) in [5.74, 6) is -1.58. The van der Waals surface area contributed by atoms with Gasteiger partial charge in [-0.2, -0.15) is 0 Å². The predicted molar refractivity (Wildman–Crippen MR) is 135 cm³/mol. The van der Waals surface area contributed by atoms with Crippen molar-refractivity contribution in [1.29, 1.82) is 0 Å². The van der Waals surface area contributed by atoms with Crippen molar-refractivity contribution in [3.63, 3.8) is 0 Å². The van der Waals surface area contributed by atoms with E-state index in [9.17, 15) is 18.0 Å². The summed E-state index contributed by atoms with van der Waals surface area (Å²) >= 11 is 0. The zero-order valence-electron chi connectivity index (χ0n) is 19.5. The molecule has 2 fully saturated rings. The van der Waals surface area contributed by atoms with Gasteiger partial charge in [0.1, 0.15) is 5.75 Å². The predicted octanol–water partition coefficient (Wildman–Crippen LogP) is 3.60. The second-order valence-corrected chi connectivity index (χ2v) is 10.7. The summed E-state index contributed by atoms with van der Waals surface area (Å²) in [6.07, 6.45) is 5.49. The van der Waals surface area contributed by atoms with Crippen LogP contribution >= 0.6 is 0 Å². The minimum atomic E-state index is -3.92. The molecule has 0 atom stereocenters. The van der Waals surface area contributed by atoms with Crippen LogP contribution in [0.1, 0.15) is 48.0 Å². The highest BCUT2D eigenvalue weighted by atomic mass is 32.2. The molecular weight excluding hydrogens is 452 g/mol. The Kier molecular flexibility index (Phi) is 7.41. The van der Waals surface area contributed by atoms with Crippen molar-refractivity contribution >= 4 is 38.9 Å². The number of piperidine rings is 1. The van der Waals surface area contributed by atoms with Gasteiger partial charge in [-0.05, 0) is 74.9 Å². The SMILES string of the molecule is Cc1cccc(NC(=O)CS(=O)(=O)Nc2ccc(N3CCCCC3)cc2)c1C(=O)N1CCCC1. The van der Waals surface area contributed by atoms with E-state index in [1.54, 1.807) is 29.2 Å². The molecule has 0 bridgehead atoms. The Morgan fingerprint density at radius 3 is 2.21 bits per heavy atom. The normalized spacial score (nSPS) is 16.4. The summed E-state index contributed by atoms with van der Waals surface area (Å²) in [6.45, 7) is 5.20. The van der Waals surface area contributed by atoms with E-state index in [0.717, 1.165) is 50.0 Å². The van der Waals surface area contributed by atoms with Crippen molar-refractivity contribution in [3.8, 4) is 0 Å². The quantitative estimate of drug-likeness (QED) is 0.626. The van der Waals surface area contributed by atoms with E-state index in [2.05, 4.69) is 14.9 Å². The average molecular weight is 485 g/mol. The molecule has 4 rings (SSSR count). The molecule has 0 radical (unpaired) electrons. The lowest BCUT2D eigenvalue weighted by molar-refractivity contribution is -0.113. The smallest absolute Gasteiger partial charge is 0.256 e. The van der Waals surface area contributed by atoms with Crippen LogP contribution in [0.2, 0.25) is 0 Å². The number of amides is 2. The van der Waals surface area contributed by atoms with Gasteiger partial charge >= 0.3 is 0 Å². The Hall–Kier alpha value is -3.07. The molecule has 2 aromatic rings. The number of anilines is 3. The van der Waals surface area contributed by atoms with E-state index in [0.29, 0.717) is 30.0 Å². The molecule has 8 nitrogen and oxygen atoms in total. The molecule has 0 unspecified atom stereocenters. The molecule has 0 aliphatic carbocycles. The minimum absolute atomic E-state index is 0.138. The van der Waals surface area contributed by atoms with Crippen LogP contribution in [0.15, 0.2) is 42.5 Å². The average Bonchev–Trinajstić information content (AvgIpc) is 3.34. The van der Waals surface area contributed by atoms with E-state index in [1.165, 1.54) is 6.42 Å². The largest absolute Gasteiger partial charge is 0.372 e. The van der Waals surface area contributed by atoms with Crippen LogP contribution in [0.4, 0.5) is 17.1 Å². The van der Waals surface area contributed by atoms with Gasteiger partial charge in [0.15, 0.2) is 0 Å². The van der Waals surface area contributed by atoms with Crippen LogP contribution in [0, 0.1) is 6.92 Å². The van der Waals surface area contributed by atoms with E-state index in [-0.39, 0.29) is 5.91 Å². The minimum Gasteiger partial charge on any atom is -0.372 e. The van der Waals surface area contributed by atoms with Crippen LogP contribution in [-0.4, -0.2) is 57.1 Å². The van der Waals surface area contributed by atoms with Crippen molar-refractivity contribution in [3.05, 3.63) is 53.6 Å². The Labute approximate surface area is 201 Å². The van der Waals surface area contributed by atoms with Crippen LogP contribution in [0.5, 0.6) is 0 Å². The molecule has 9 heteroatoms. The number of hydrogen-bond acceptors (Lipinski definition) is 5. The number of carbonyl (C=O) groups is 2. The molecule has 2 aliphatic heterocycles. The monoisotopic (exact) mass is 484 g/mol. The fourth-order valence-electron chi connectivity index (χ4n) is 4.60. The van der Waals surface area contributed by atoms with Gasteiger partial charge in [0.25, 0.3) is 5.91 Å². The highest BCUT2D eigenvalue weighted by Crippen LogP contribution is 2.25. The number of hydrogen-bond donors (Lipinski definition) is 2. The molecule has 2 N–H and O–H groups in total. The number of sulfonamides is 1. The molecule has 2 amide bonds. The number of nitrogens with one attached hydrogen (secondary N) is 2. The molecule has 0 spiro atoms. The number of likely N-dealkylation sites (tertiary alicyclic amines) is 1. The number of nitrogens with zero attached hydrogens (tertiary/aromatic N) is 2. The van der Waals surface area contributed by atoms with Gasteiger partial charge in [0.2, 0.25) is 15.9 Å². The molecule has 2 aromatic carbocycles. The van der Waals surface area contributed by atoms with Crippen molar-refractivity contribution in [2.75, 3.05) is 46.9 Å². The summed E-state index contributed by atoms with van der Waals surface area (Å²) in [5.41, 5.74) is 2.97. The number of carbonyl (C=O) groups excluding carboxylic acids is 2. The van der Waals surface area contributed by atoms with Crippen LogP contribution in [-0.2, 0) is 14.8 Å². The van der Waals surface area contributed by atoms with Gasteiger partial charge in [-0.3, -0.25) is 14.3 Å². The van der Waals surface area contributed by atoms with Crippen LogP contribution < -0.4 is 14.9 Å². The fraction of sp³-hybridized carbons (Fsp3) is 0.440. The molecule has 182 valence electrons. The zero-order valence-corrected chi connectivity index (χ0v) is 20.4. The number of rotatable bonds is 7. The third kappa shape index (κ3) is 5.88. The lowest BCUT2D eigenvalue weighted by atomic mass is 10.0. The summed E-state index contributed by atoms with van der Waals surface area (Å²) in [6, 6.07) is 12.4. The second kappa shape index (κ2) is 10.5. The van der Waals surface area contributed by atoms with Crippen molar-refractivity contribution in [1.82, 2.24) is 4.90 Å². The van der Waals surface area contributed by atoms with Gasteiger partial charge in [-0.15, -0.1) is 0 Å². The molecule has 2 aliphatic rings. The van der Waals surface area contributed by atoms with E-state index in [1.807, 2.05) is 25.1 Å². The molecule has 2 heterocycles. The Balaban J connectivity index is 1.40. The highest BCUT2D eigenvalue weighted by molar-refractivity contribution is 7.93. The fourth-order valence-corrected chi connectivity index (χ4v) is 5.59. The van der Waals surface area contributed by atoms with Crippen LogP contribution in [0.25, 0.3) is 0 Å².